The molecule has 0 amide bonds. The van der Waals surface area contributed by atoms with Crippen molar-refractivity contribution in [1.82, 2.24) is 10.2 Å². The zero-order valence-corrected chi connectivity index (χ0v) is 10.3. The summed E-state index contributed by atoms with van der Waals surface area (Å²) in [5, 5.41) is 3.55. The van der Waals surface area contributed by atoms with Gasteiger partial charge in [0.2, 0.25) is 0 Å². The third-order valence-corrected chi connectivity index (χ3v) is 4.05. The molecule has 0 spiro atoms. The molecule has 2 nitrogen and oxygen atoms in total. The van der Waals surface area contributed by atoms with Crippen LogP contribution in [-0.2, 0) is 0 Å². The highest BCUT2D eigenvalue weighted by Crippen LogP contribution is 2.36. The van der Waals surface area contributed by atoms with Crippen LogP contribution in [0.1, 0.15) is 46.0 Å². The summed E-state index contributed by atoms with van der Waals surface area (Å²) >= 11 is 0. The molecule has 1 N–H and O–H groups in total. The van der Waals surface area contributed by atoms with Gasteiger partial charge >= 0.3 is 0 Å². The lowest BCUT2D eigenvalue weighted by atomic mass is 10.0. The number of nitrogens with zero attached hydrogens (tertiary/aromatic N) is 1. The van der Waals surface area contributed by atoms with Gasteiger partial charge in [-0.2, -0.15) is 0 Å². The maximum Gasteiger partial charge on any atom is 0.0224 e. The van der Waals surface area contributed by atoms with Crippen molar-refractivity contribution in [3.8, 4) is 0 Å². The van der Waals surface area contributed by atoms with E-state index in [-0.39, 0.29) is 0 Å². The molecule has 1 saturated carbocycles. The molecule has 1 heterocycles. The number of hydrogen-bond acceptors (Lipinski definition) is 2. The van der Waals surface area contributed by atoms with E-state index in [2.05, 4.69) is 24.1 Å². The number of rotatable bonds is 5. The Kier molecular flexibility index (Phi) is 4.04. The fraction of sp³-hybridized carbons (Fsp3) is 1.00. The van der Waals surface area contributed by atoms with Crippen molar-refractivity contribution in [2.24, 2.45) is 5.92 Å². The lowest BCUT2D eigenvalue weighted by Gasteiger charge is -2.39. The molecule has 0 aromatic rings. The molecule has 2 heteroatoms. The van der Waals surface area contributed by atoms with Gasteiger partial charge in [-0.15, -0.1) is 0 Å². The van der Waals surface area contributed by atoms with E-state index >= 15 is 0 Å². The lowest BCUT2D eigenvalue weighted by molar-refractivity contribution is 0.108. The SMILES string of the molecule is CCCN(C1CCCNC1)C(C)C1CC1. The fourth-order valence-corrected chi connectivity index (χ4v) is 2.94. The normalized spacial score (nSPS) is 29.4. The van der Waals surface area contributed by atoms with E-state index < -0.39 is 0 Å². The van der Waals surface area contributed by atoms with Crippen molar-refractivity contribution < 1.29 is 0 Å². The first-order chi connectivity index (χ1) is 7.33. The average Bonchev–Trinajstić information content (AvgIpc) is 3.10. The van der Waals surface area contributed by atoms with Gasteiger partial charge in [-0.25, -0.2) is 0 Å². The van der Waals surface area contributed by atoms with E-state index in [1.165, 1.54) is 51.7 Å². The number of piperidine rings is 1. The first kappa shape index (κ1) is 11.4. The van der Waals surface area contributed by atoms with E-state index in [9.17, 15) is 0 Å². The maximum absolute atomic E-state index is 3.55. The molecule has 2 fully saturated rings. The van der Waals surface area contributed by atoms with E-state index in [1.54, 1.807) is 0 Å². The molecule has 1 aliphatic carbocycles. The summed E-state index contributed by atoms with van der Waals surface area (Å²) in [6, 6.07) is 1.64. The smallest absolute Gasteiger partial charge is 0.0224 e. The Balaban J connectivity index is 1.90. The summed E-state index contributed by atoms with van der Waals surface area (Å²) in [5.41, 5.74) is 0. The van der Waals surface area contributed by atoms with Crippen LogP contribution in [0.4, 0.5) is 0 Å². The summed E-state index contributed by atoms with van der Waals surface area (Å²) in [6.45, 7) is 8.50. The molecule has 0 aromatic heterocycles. The average molecular weight is 210 g/mol. The first-order valence-corrected chi connectivity index (χ1v) is 6.79. The summed E-state index contributed by atoms with van der Waals surface area (Å²) < 4.78 is 0. The van der Waals surface area contributed by atoms with Gasteiger partial charge in [0.25, 0.3) is 0 Å². The summed E-state index contributed by atoms with van der Waals surface area (Å²) in [7, 11) is 0. The van der Waals surface area contributed by atoms with Crippen molar-refractivity contribution in [1.29, 1.82) is 0 Å². The van der Waals surface area contributed by atoms with Gasteiger partial charge in [0.15, 0.2) is 0 Å². The Hall–Kier alpha value is -0.0800. The van der Waals surface area contributed by atoms with Gasteiger partial charge in [0.05, 0.1) is 0 Å². The first-order valence-electron chi connectivity index (χ1n) is 6.79. The van der Waals surface area contributed by atoms with Crippen molar-refractivity contribution in [3.05, 3.63) is 0 Å². The van der Waals surface area contributed by atoms with Crippen LogP contribution in [0.5, 0.6) is 0 Å². The van der Waals surface area contributed by atoms with Crippen LogP contribution in [0.3, 0.4) is 0 Å². The van der Waals surface area contributed by atoms with E-state index in [4.69, 9.17) is 0 Å². The zero-order valence-electron chi connectivity index (χ0n) is 10.3. The fourth-order valence-electron chi connectivity index (χ4n) is 2.94. The van der Waals surface area contributed by atoms with E-state index in [1.807, 2.05) is 0 Å². The monoisotopic (exact) mass is 210 g/mol. The van der Waals surface area contributed by atoms with Gasteiger partial charge < -0.3 is 5.32 Å². The molecule has 0 aromatic carbocycles. The lowest BCUT2D eigenvalue weighted by Crippen LogP contribution is -2.50. The molecule has 2 rings (SSSR count). The van der Waals surface area contributed by atoms with Crippen LogP contribution < -0.4 is 5.32 Å². The predicted octanol–water partition coefficient (Wildman–Crippen LogP) is 2.25. The molecule has 2 unspecified atom stereocenters. The molecular weight excluding hydrogens is 184 g/mol. The summed E-state index contributed by atoms with van der Waals surface area (Å²) in [5.74, 6) is 1.01. The zero-order chi connectivity index (χ0) is 10.7. The molecule has 15 heavy (non-hydrogen) atoms. The summed E-state index contributed by atoms with van der Waals surface area (Å²) in [4.78, 5) is 2.78. The maximum atomic E-state index is 3.55. The molecule has 1 saturated heterocycles. The third kappa shape index (κ3) is 2.94. The van der Waals surface area contributed by atoms with Crippen LogP contribution in [0, 0.1) is 5.92 Å². The van der Waals surface area contributed by atoms with Crippen LogP contribution in [0.2, 0.25) is 0 Å². The number of hydrogen-bond donors (Lipinski definition) is 1. The second kappa shape index (κ2) is 5.31. The standard InChI is InChI=1S/C13H26N2/c1-3-9-15(11(2)12-6-7-12)13-5-4-8-14-10-13/h11-14H,3-10H2,1-2H3. The van der Waals surface area contributed by atoms with Crippen LogP contribution >= 0.6 is 0 Å². The Morgan fingerprint density at radius 2 is 2.13 bits per heavy atom. The van der Waals surface area contributed by atoms with Gasteiger partial charge in [-0.3, -0.25) is 4.90 Å². The van der Waals surface area contributed by atoms with Gasteiger partial charge in [0.1, 0.15) is 0 Å². The van der Waals surface area contributed by atoms with Gasteiger partial charge in [0, 0.05) is 18.6 Å². The Bertz CT molecular complexity index is 183. The summed E-state index contributed by atoms with van der Waals surface area (Å²) in [6.07, 6.45) is 7.02. The van der Waals surface area contributed by atoms with Crippen molar-refractivity contribution in [3.63, 3.8) is 0 Å². The molecule has 2 aliphatic rings. The predicted molar refractivity (Wildman–Crippen MR) is 65.1 cm³/mol. The Morgan fingerprint density at radius 1 is 1.33 bits per heavy atom. The Labute approximate surface area is 94.4 Å². The topological polar surface area (TPSA) is 15.3 Å². The quantitative estimate of drug-likeness (QED) is 0.749. The Morgan fingerprint density at radius 3 is 2.67 bits per heavy atom. The van der Waals surface area contributed by atoms with Crippen LogP contribution in [0.25, 0.3) is 0 Å². The minimum Gasteiger partial charge on any atom is -0.315 e. The van der Waals surface area contributed by atoms with Crippen LogP contribution in [-0.4, -0.2) is 36.6 Å². The molecule has 1 aliphatic heterocycles. The minimum absolute atomic E-state index is 0.814. The second-order valence-electron chi connectivity index (χ2n) is 5.32. The molecule has 2 atom stereocenters. The highest BCUT2D eigenvalue weighted by Gasteiger charge is 2.34. The van der Waals surface area contributed by atoms with Crippen molar-refractivity contribution in [2.45, 2.75) is 58.0 Å². The van der Waals surface area contributed by atoms with E-state index in [0.29, 0.717) is 0 Å². The highest BCUT2D eigenvalue weighted by atomic mass is 15.2. The van der Waals surface area contributed by atoms with Gasteiger partial charge in [-0.1, -0.05) is 6.92 Å². The molecule has 88 valence electrons. The third-order valence-electron chi connectivity index (χ3n) is 4.05. The van der Waals surface area contributed by atoms with Crippen molar-refractivity contribution >= 4 is 0 Å². The highest BCUT2D eigenvalue weighted by molar-refractivity contribution is 4.89. The second-order valence-corrected chi connectivity index (χ2v) is 5.32. The largest absolute Gasteiger partial charge is 0.315 e. The van der Waals surface area contributed by atoms with Crippen molar-refractivity contribution in [2.75, 3.05) is 19.6 Å². The molecule has 0 radical (unpaired) electrons. The minimum atomic E-state index is 0.814. The molecular formula is C13H26N2. The van der Waals surface area contributed by atoms with E-state index in [0.717, 1.165) is 18.0 Å². The molecule has 0 bridgehead atoms. The van der Waals surface area contributed by atoms with Gasteiger partial charge in [-0.05, 0) is 58.0 Å². The van der Waals surface area contributed by atoms with Crippen LogP contribution in [0.15, 0.2) is 0 Å². The number of nitrogens with one attached hydrogen (secondary N) is 1.